The summed E-state index contributed by atoms with van der Waals surface area (Å²) in [5.74, 6) is 0.204. The Balaban J connectivity index is 2.33. The number of aromatic amines is 1. The highest BCUT2D eigenvalue weighted by atomic mass is 32.2. The summed E-state index contributed by atoms with van der Waals surface area (Å²) in [7, 11) is -2.28. The number of sulfonamides is 1. The zero-order chi connectivity index (χ0) is 12.3. The van der Waals surface area contributed by atoms with Gasteiger partial charge in [-0.2, -0.15) is 13.5 Å². The van der Waals surface area contributed by atoms with E-state index in [1.807, 2.05) is 0 Å². The summed E-state index contributed by atoms with van der Waals surface area (Å²) in [6.07, 6.45) is 2.86. The molecule has 0 aliphatic heterocycles. The summed E-state index contributed by atoms with van der Waals surface area (Å²) in [6, 6.07) is 4.51. The van der Waals surface area contributed by atoms with Gasteiger partial charge < -0.3 is 4.74 Å². The lowest BCUT2D eigenvalue weighted by atomic mass is 10.4. The zero-order valence-corrected chi connectivity index (χ0v) is 9.73. The van der Waals surface area contributed by atoms with E-state index in [0.29, 0.717) is 0 Å². The Hall–Kier alpha value is -2.09. The van der Waals surface area contributed by atoms with Gasteiger partial charge in [0.2, 0.25) is 5.88 Å². The first-order chi connectivity index (χ1) is 8.13. The molecule has 0 aliphatic rings. The van der Waals surface area contributed by atoms with Gasteiger partial charge in [0.25, 0.3) is 10.0 Å². The van der Waals surface area contributed by atoms with E-state index in [4.69, 9.17) is 4.74 Å². The first kappa shape index (κ1) is 11.4. The number of methoxy groups -OCH3 is 1. The molecule has 0 amide bonds. The average Bonchev–Trinajstić information content (AvgIpc) is 2.83. The quantitative estimate of drug-likeness (QED) is 0.833. The third kappa shape index (κ3) is 2.36. The van der Waals surface area contributed by atoms with E-state index in [1.54, 1.807) is 12.1 Å². The normalized spacial score (nSPS) is 11.1. The molecule has 0 bridgehead atoms. The lowest BCUT2D eigenvalue weighted by Gasteiger charge is -2.08. The smallest absolute Gasteiger partial charge is 0.279 e. The van der Waals surface area contributed by atoms with Gasteiger partial charge in [-0.1, -0.05) is 0 Å². The van der Waals surface area contributed by atoms with Crippen LogP contribution >= 0.6 is 0 Å². The molecule has 17 heavy (non-hydrogen) atoms. The number of anilines is 1. The maximum absolute atomic E-state index is 11.9. The third-order valence-electron chi connectivity index (χ3n) is 1.97. The van der Waals surface area contributed by atoms with E-state index < -0.39 is 10.0 Å². The summed E-state index contributed by atoms with van der Waals surface area (Å²) < 4.78 is 31.0. The molecule has 0 saturated heterocycles. The largest absolute Gasteiger partial charge is 0.480 e. The Morgan fingerprint density at radius 1 is 1.35 bits per heavy atom. The highest BCUT2D eigenvalue weighted by Crippen LogP contribution is 2.22. The number of hydrogen-bond acceptors (Lipinski definition) is 5. The van der Waals surface area contributed by atoms with Gasteiger partial charge >= 0.3 is 0 Å². The molecule has 2 aromatic heterocycles. The lowest BCUT2D eigenvalue weighted by molar-refractivity contribution is 0.400. The summed E-state index contributed by atoms with van der Waals surface area (Å²) >= 11 is 0. The monoisotopic (exact) mass is 254 g/mol. The number of nitrogens with zero attached hydrogens (tertiary/aromatic N) is 2. The fraction of sp³-hybridized carbons (Fsp3) is 0.111. The topological polar surface area (TPSA) is 97.0 Å². The van der Waals surface area contributed by atoms with Gasteiger partial charge in [-0.25, -0.2) is 4.98 Å². The number of ether oxygens (including phenoxy) is 1. The van der Waals surface area contributed by atoms with Crippen LogP contribution in [-0.2, 0) is 10.0 Å². The summed E-state index contributed by atoms with van der Waals surface area (Å²) in [5, 5.41) is 5.93. The maximum Gasteiger partial charge on any atom is 0.279 e. The van der Waals surface area contributed by atoms with Crippen molar-refractivity contribution in [3.8, 4) is 5.88 Å². The van der Waals surface area contributed by atoms with Crippen LogP contribution in [0.1, 0.15) is 0 Å². The van der Waals surface area contributed by atoms with Crippen molar-refractivity contribution in [2.45, 2.75) is 5.03 Å². The highest BCUT2D eigenvalue weighted by Gasteiger charge is 2.17. The summed E-state index contributed by atoms with van der Waals surface area (Å²) in [6.45, 7) is 0. The van der Waals surface area contributed by atoms with Crippen LogP contribution in [-0.4, -0.2) is 30.7 Å². The Morgan fingerprint density at radius 3 is 2.82 bits per heavy atom. The molecule has 2 rings (SSSR count). The van der Waals surface area contributed by atoms with Crippen molar-refractivity contribution in [2.75, 3.05) is 11.8 Å². The number of nitrogens with one attached hydrogen (secondary N) is 2. The summed E-state index contributed by atoms with van der Waals surface area (Å²) in [4.78, 5) is 3.89. The predicted octanol–water partition coefficient (Wildman–Crippen LogP) is 0.614. The number of hydrogen-bond donors (Lipinski definition) is 2. The second-order valence-corrected chi connectivity index (χ2v) is 4.74. The van der Waals surface area contributed by atoms with Crippen LogP contribution < -0.4 is 9.46 Å². The molecule has 0 aromatic carbocycles. The Morgan fingerprint density at radius 2 is 2.18 bits per heavy atom. The summed E-state index contributed by atoms with van der Waals surface area (Å²) in [5.41, 5.74) is 0.268. The van der Waals surface area contributed by atoms with Crippen molar-refractivity contribution in [3.63, 3.8) is 0 Å². The standard InChI is InChI=1S/C9H10N4O3S/c1-16-9-7(3-2-5-10-9)13-17(14,15)8-4-6-11-12-8/h2-6,13H,1H3,(H,11,12). The Labute approximate surface area is 97.9 Å². The third-order valence-corrected chi connectivity index (χ3v) is 3.27. The molecule has 0 saturated carbocycles. The maximum atomic E-state index is 11.9. The number of rotatable bonds is 4. The van der Waals surface area contributed by atoms with Gasteiger partial charge in [0.15, 0.2) is 5.03 Å². The zero-order valence-electron chi connectivity index (χ0n) is 8.91. The molecule has 0 fully saturated rings. The van der Waals surface area contributed by atoms with Crippen molar-refractivity contribution in [1.82, 2.24) is 15.2 Å². The van der Waals surface area contributed by atoms with Crippen LogP contribution in [0, 0.1) is 0 Å². The fourth-order valence-corrected chi connectivity index (χ4v) is 2.19. The van der Waals surface area contributed by atoms with Crippen molar-refractivity contribution < 1.29 is 13.2 Å². The minimum atomic E-state index is -3.69. The Kier molecular flexibility index (Phi) is 2.96. The van der Waals surface area contributed by atoms with E-state index in [9.17, 15) is 8.42 Å². The highest BCUT2D eigenvalue weighted by molar-refractivity contribution is 7.92. The van der Waals surface area contributed by atoms with E-state index >= 15 is 0 Å². The molecule has 2 heterocycles. The molecule has 0 atom stereocenters. The molecule has 0 aliphatic carbocycles. The molecule has 2 aromatic rings. The Bertz CT molecular complexity index is 594. The fourth-order valence-electron chi connectivity index (χ4n) is 1.22. The molecule has 0 spiro atoms. The van der Waals surface area contributed by atoms with Crippen molar-refractivity contribution in [2.24, 2.45) is 0 Å². The van der Waals surface area contributed by atoms with E-state index in [1.165, 1.54) is 25.6 Å². The molecule has 0 unspecified atom stereocenters. The first-order valence-corrected chi connectivity index (χ1v) is 6.13. The molecule has 0 radical (unpaired) electrons. The van der Waals surface area contributed by atoms with Crippen LogP contribution in [0.4, 0.5) is 5.69 Å². The van der Waals surface area contributed by atoms with Crippen LogP contribution in [0.5, 0.6) is 5.88 Å². The van der Waals surface area contributed by atoms with Crippen LogP contribution in [0.15, 0.2) is 35.6 Å². The minimum Gasteiger partial charge on any atom is -0.480 e. The second kappa shape index (κ2) is 4.42. The van der Waals surface area contributed by atoms with Gasteiger partial charge in [0, 0.05) is 6.20 Å². The van der Waals surface area contributed by atoms with Gasteiger partial charge in [-0.3, -0.25) is 9.82 Å². The van der Waals surface area contributed by atoms with Crippen LogP contribution in [0.3, 0.4) is 0 Å². The minimum absolute atomic E-state index is 0.0246. The van der Waals surface area contributed by atoms with Crippen LogP contribution in [0.25, 0.3) is 0 Å². The van der Waals surface area contributed by atoms with Crippen LogP contribution in [0.2, 0.25) is 0 Å². The van der Waals surface area contributed by atoms with Crippen molar-refractivity contribution in [1.29, 1.82) is 0 Å². The van der Waals surface area contributed by atoms with Crippen molar-refractivity contribution in [3.05, 3.63) is 30.6 Å². The van der Waals surface area contributed by atoms with E-state index in [0.717, 1.165) is 0 Å². The SMILES string of the molecule is COc1ncccc1NS(=O)(=O)c1ccn[nH]1. The molecule has 2 N–H and O–H groups in total. The predicted molar refractivity (Wildman–Crippen MR) is 60.2 cm³/mol. The van der Waals surface area contributed by atoms with Gasteiger partial charge in [0.1, 0.15) is 5.69 Å². The molecule has 90 valence electrons. The van der Waals surface area contributed by atoms with Gasteiger partial charge in [-0.05, 0) is 18.2 Å². The second-order valence-electron chi connectivity index (χ2n) is 3.09. The van der Waals surface area contributed by atoms with E-state index in [-0.39, 0.29) is 16.6 Å². The number of H-pyrrole nitrogens is 1. The number of pyridine rings is 1. The first-order valence-electron chi connectivity index (χ1n) is 4.64. The molecular formula is C9H10N4O3S. The van der Waals surface area contributed by atoms with Gasteiger partial charge in [-0.15, -0.1) is 0 Å². The molecular weight excluding hydrogens is 244 g/mol. The lowest BCUT2D eigenvalue weighted by Crippen LogP contribution is -2.14. The molecule has 7 nitrogen and oxygen atoms in total. The van der Waals surface area contributed by atoms with Crippen molar-refractivity contribution >= 4 is 15.7 Å². The van der Waals surface area contributed by atoms with Gasteiger partial charge in [0.05, 0.1) is 13.3 Å². The average molecular weight is 254 g/mol. The van der Waals surface area contributed by atoms with E-state index in [2.05, 4.69) is 19.9 Å². The molecule has 8 heteroatoms. The number of aromatic nitrogens is 3.